The molecule has 0 aliphatic heterocycles. The summed E-state index contributed by atoms with van der Waals surface area (Å²) in [7, 11) is -1.16. The van der Waals surface area contributed by atoms with Crippen LogP contribution in [0.4, 0.5) is 0 Å². The molecule has 2 heterocycles. The largest absolute Gasteiger partial charge is 0.465 e. The second-order valence-electron chi connectivity index (χ2n) is 6.70. The average Bonchev–Trinajstić information content (AvgIpc) is 2.88. The molecule has 132 valence electrons. The molecular weight excluding hydrogens is 328 g/mol. The molecule has 0 unspecified atom stereocenters. The van der Waals surface area contributed by atoms with Crippen LogP contribution in [0.1, 0.15) is 6.92 Å². The first kappa shape index (κ1) is 18.3. The van der Waals surface area contributed by atoms with Crippen molar-refractivity contribution in [1.29, 1.82) is 0 Å². The molecular formula is C15H24N4O4Si. The first-order chi connectivity index (χ1) is 11.3. The van der Waals surface area contributed by atoms with Crippen molar-refractivity contribution in [2.75, 3.05) is 13.2 Å². The molecule has 0 amide bonds. The third-order valence-corrected chi connectivity index (χ3v) is 5.16. The second-order valence-corrected chi connectivity index (χ2v) is 12.3. The highest BCUT2D eigenvalue weighted by atomic mass is 28.3. The number of esters is 1. The highest BCUT2D eigenvalue weighted by Gasteiger charge is 2.14. The van der Waals surface area contributed by atoms with Gasteiger partial charge in [0.2, 0.25) is 0 Å². The predicted molar refractivity (Wildman–Crippen MR) is 92.5 cm³/mol. The minimum Gasteiger partial charge on any atom is -0.465 e. The smallest absolute Gasteiger partial charge is 0.327 e. The lowest BCUT2D eigenvalue weighted by molar-refractivity contribution is -0.143. The monoisotopic (exact) mass is 352 g/mol. The van der Waals surface area contributed by atoms with Gasteiger partial charge in [0.15, 0.2) is 0 Å². The zero-order valence-corrected chi connectivity index (χ0v) is 15.6. The Balaban J connectivity index is 2.08. The molecule has 8 nitrogen and oxygen atoms in total. The van der Waals surface area contributed by atoms with Crippen molar-refractivity contribution in [1.82, 2.24) is 19.6 Å². The summed E-state index contributed by atoms with van der Waals surface area (Å²) in [6, 6.07) is 1.03. The van der Waals surface area contributed by atoms with E-state index in [0.29, 0.717) is 24.1 Å². The number of carbonyl (C=O) groups is 1. The van der Waals surface area contributed by atoms with E-state index in [9.17, 15) is 9.59 Å². The fourth-order valence-corrected chi connectivity index (χ4v) is 2.84. The van der Waals surface area contributed by atoms with Gasteiger partial charge in [0.05, 0.1) is 29.9 Å². The van der Waals surface area contributed by atoms with Crippen molar-refractivity contribution in [3.8, 4) is 0 Å². The summed E-state index contributed by atoms with van der Waals surface area (Å²) < 4.78 is 13.1. The minimum absolute atomic E-state index is 0.0464. The van der Waals surface area contributed by atoms with Gasteiger partial charge in [0.25, 0.3) is 5.56 Å². The number of nitrogens with zero attached hydrogens (tertiary/aromatic N) is 4. The van der Waals surface area contributed by atoms with Crippen molar-refractivity contribution in [3.63, 3.8) is 0 Å². The lowest BCUT2D eigenvalue weighted by Crippen LogP contribution is -2.26. The maximum absolute atomic E-state index is 12.4. The van der Waals surface area contributed by atoms with Crippen molar-refractivity contribution >= 4 is 24.9 Å². The molecule has 0 saturated heterocycles. The van der Waals surface area contributed by atoms with E-state index in [0.717, 1.165) is 6.04 Å². The number of hydrogen-bond donors (Lipinski definition) is 0. The molecule has 0 radical (unpaired) electrons. The summed E-state index contributed by atoms with van der Waals surface area (Å²) in [5.74, 6) is -0.402. The third kappa shape index (κ3) is 4.75. The highest BCUT2D eigenvalue weighted by molar-refractivity contribution is 6.76. The zero-order chi connectivity index (χ0) is 17.7. The number of hydrogen-bond acceptors (Lipinski definition) is 6. The Kier molecular flexibility index (Phi) is 5.89. The standard InChI is InChI=1S/C15H24N4O4Si/c1-5-23-14(20)10-18-13-9-17-19(15(21)12(13)8-16-18)11-22-6-7-24(2,3)4/h8-9H,5-7,10-11H2,1-4H3. The van der Waals surface area contributed by atoms with Gasteiger partial charge in [-0.05, 0) is 13.0 Å². The Morgan fingerprint density at radius 2 is 1.92 bits per heavy atom. The van der Waals surface area contributed by atoms with Gasteiger partial charge in [0, 0.05) is 14.7 Å². The van der Waals surface area contributed by atoms with E-state index in [1.165, 1.54) is 21.8 Å². The lowest BCUT2D eigenvalue weighted by Gasteiger charge is -2.15. The van der Waals surface area contributed by atoms with Crippen LogP contribution in [-0.2, 0) is 27.5 Å². The molecule has 0 atom stereocenters. The molecule has 24 heavy (non-hydrogen) atoms. The van der Waals surface area contributed by atoms with E-state index in [1.807, 2.05) is 0 Å². The van der Waals surface area contributed by atoms with Crippen LogP contribution in [0.15, 0.2) is 17.2 Å². The summed E-state index contributed by atoms with van der Waals surface area (Å²) in [5, 5.41) is 8.59. The summed E-state index contributed by atoms with van der Waals surface area (Å²) >= 11 is 0. The van der Waals surface area contributed by atoms with Gasteiger partial charge >= 0.3 is 5.97 Å². The SMILES string of the molecule is CCOC(=O)Cn1ncc2c(=O)n(COCC[Si](C)(C)C)ncc21. The van der Waals surface area contributed by atoms with Crippen LogP contribution in [0.3, 0.4) is 0 Å². The first-order valence-corrected chi connectivity index (χ1v) is 11.7. The van der Waals surface area contributed by atoms with Crippen molar-refractivity contribution in [2.45, 2.75) is 45.9 Å². The fourth-order valence-electron chi connectivity index (χ4n) is 2.09. The molecule has 2 aromatic heterocycles. The molecule has 0 bridgehead atoms. The van der Waals surface area contributed by atoms with Crippen LogP contribution in [0.25, 0.3) is 10.9 Å². The summed E-state index contributed by atoms with van der Waals surface area (Å²) in [6.07, 6.45) is 2.96. The molecule has 0 N–H and O–H groups in total. The van der Waals surface area contributed by atoms with E-state index >= 15 is 0 Å². The molecule has 0 aromatic carbocycles. The number of rotatable bonds is 8. The van der Waals surface area contributed by atoms with Gasteiger partial charge in [-0.1, -0.05) is 19.6 Å². The van der Waals surface area contributed by atoms with E-state index in [2.05, 4.69) is 29.8 Å². The molecule has 0 aliphatic rings. The van der Waals surface area contributed by atoms with Crippen molar-refractivity contribution in [2.24, 2.45) is 0 Å². The lowest BCUT2D eigenvalue weighted by atomic mass is 10.4. The van der Waals surface area contributed by atoms with Crippen LogP contribution in [0.2, 0.25) is 25.7 Å². The summed E-state index contributed by atoms with van der Waals surface area (Å²) in [6.45, 7) is 9.53. The third-order valence-electron chi connectivity index (χ3n) is 3.46. The van der Waals surface area contributed by atoms with Crippen LogP contribution in [0.5, 0.6) is 0 Å². The molecule has 2 rings (SSSR count). The van der Waals surface area contributed by atoms with Gasteiger partial charge in [-0.2, -0.15) is 10.2 Å². The number of fused-ring (bicyclic) bond motifs is 1. The minimum atomic E-state index is -1.16. The summed E-state index contributed by atoms with van der Waals surface area (Å²) in [5.41, 5.74) is 0.224. The Morgan fingerprint density at radius 1 is 1.21 bits per heavy atom. The van der Waals surface area contributed by atoms with Crippen molar-refractivity contribution < 1.29 is 14.3 Å². The van der Waals surface area contributed by atoms with Gasteiger partial charge in [-0.15, -0.1) is 0 Å². The molecule has 0 aliphatic carbocycles. The maximum atomic E-state index is 12.4. The van der Waals surface area contributed by atoms with E-state index in [4.69, 9.17) is 9.47 Å². The van der Waals surface area contributed by atoms with Crippen molar-refractivity contribution in [3.05, 3.63) is 22.7 Å². The van der Waals surface area contributed by atoms with Gasteiger partial charge in [0.1, 0.15) is 13.3 Å². The molecule has 0 saturated carbocycles. The Bertz CT molecular complexity index is 763. The number of ether oxygens (including phenoxy) is 2. The van der Waals surface area contributed by atoms with Gasteiger partial charge in [-0.25, -0.2) is 4.68 Å². The number of carbonyl (C=O) groups excluding carboxylic acids is 1. The van der Waals surface area contributed by atoms with E-state index in [1.54, 1.807) is 6.92 Å². The van der Waals surface area contributed by atoms with Crippen LogP contribution >= 0.6 is 0 Å². The fraction of sp³-hybridized carbons (Fsp3) is 0.600. The molecule has 0 spiro atoms. The quantitative estimate of drug-likeness (QED) is 0.406. The maximum Gasteiger partial charge on any atom is 0.327 e. The topological polar surface area (TPSA) is 88.2 Å². The van der Waals surface area contributed by atoms with Crippen LogP contribution in [-0.4, -0.2) is 46.8 Å². The van der Waals surface area contributed by atoms with Gasteiger partial charge in [-0.3, -0.25) is 14.3 Å². The Hall–Kier alpha value is -2.00. The second kappa shape index (κ2) is 7.71. The van der Waals surface area contributed by atoms with Crippen LogP contribution < -0.4 is 5.56 Å². The van der Waals surface area contributed by atoms with E-state index < -0.39 is 14.0 Å². The molecule has 9 heteroatoms. The normalized spacial score (nSPS) is 11.8. The predicted octanol–water partition coefficient (Wildman–Crippen LogP) is 1.47. The van der Waals surface area contributed by atoms with Crippen LogP contribution in [0, 0.1) is 0 Å². The first-order valence-electron chi connectivity index (χ1n) is 7.97. The number of aromatic nitrogens is 4. The Labute approximate surface area is 141 Å². The zero-order valence-electron chi connectivity index (χ0n) is 14.6. The average molecular weight is 352 g/mol. The Morgan fingerprint density at radius 3 is 2.58 bits per heavy atom. The van der Waals surface area contributed by atoms with Gasteiger partial charge < -0.3 is 9.47 Å². The summed E-state index contributed by atoms with van der Waals surface area (Å²) in [4.78, 5) is 24.0. The molecule has 2 aromatic rings. The molecule has 0 fully saturated rings. The van der Waals surface area contributed by atoms with E-state index in [-0.39, 0.29) is 18.8 Å². The highest BCUT2D eigenvalue weighted by Crippen LogP contribution is 2.09.